The largest absolute Gasteiger partial charge is 0.394 e. The zero-order valence-electron chi connectivity index (χ0n) is 6.88. The van der Waals surface area contributed by atoms with Crippen LogP contribution in [0.5, 0.6) is 0 Å². The third-order valence-electron chi connectivity index (χ3n) is 3.18. The molecule has 64 valence electrons. The number of rotatable bonds is 3. The highest BCUT2D eigenvalue weighted by atomic mass is 16.5. The van der Waals surface area contributed by atoms with Crippen molar-refractivity contribution in [3.05, 3.63) is 0 Å². The van der Waals surface area contributed by atoms with Crippen molar-refractivity contribution in [2.75, 3.05) is 13.2 Å². The molecule has 2 fully saturated rings. The Morgan fingerprint density at radius 1 is 1.36 bits per heavy atom. The minimum atomic E-state index is 0.173. The Morgan fingerprint density at radius 2 is 2.09 bits per heavy atom. The Labute approximate surface area is 67.6 Å². The third-order valence-corrected chi connectivity index (χ3v) is 3.18. The fourth-order valence-electron chi connectivity index (χ4n) is 2.60. The molecule has 0 aliphatic heterocycles. The van der Waals surface area contributed by atoms with Crippen LogP contribution in [0.25, 0.3) is 0 Å². The molecule has 0 aromatic carbocycles. The number of aliphatic hydroxyl groups excluding tert-OH is 1. The maximum absolute atomic E-state index is 8.63. The van der Waals surface area contributed by atoms with Crippen LogP contribution in [0.3, 0.4) is 0 Å². The Kier molecular flexibility index (Phi) is 1.90. The van der Waals surface area contributed by atoms with Crippen molar-refractivity contribution in [2.24, 2.45) is 5.92 Å². The summed E-state index contributed by atoms with van der Waals surface area (Å²) in [6.07, 6.45) is 6.43. The molecule has 0 aromatic heterocycles. The summed E-state index contributed by atoms with van der Waals surface area (Å²) in [5.74, 6) is 0.939. The molecule has 2 nitrogen and oxygen atoms in total. The molecular weight excluding hydrogens is 140 g/mol. The van der Waals surface area contributed by atoms with Crippen LogP contribution >= 0.6 is 0 Å². The van der Waals surface area contributed by atoms with E-state index in [0.717, 1.165) is 5.92 Å². The molecule has 0 saturated heterocycles. The van der Waals surface area contributed by atoms with Gasteiger partial charge in [0.1, 0.15) is 0 Å². The third kappa shape index (κ3) is 1.30. The quantitative estimate of drug-likeness (QED) is 0.668. The summed E-state index contributed by atoms with van der Waals surface area (Å²) in [5, 5.41) is 8.63. The number of fused-ring (bicyclic) bond motifs is 2. The maximum atomic E-state index is 8.63. The first-order valence-electron chi connectivity index (χ1n) is 4.59. The molecule has 0 heterocycles. The maximum Gasteiger partial charge on any atom is 0.0705 e. The Hall–Kier alpha value is -0.0800. The van der Waals surface area contributed by atoms with Gasteiger partial charge in [-0.05, 0) is 38.0 Å². The molecule has 2 aliphatic rings. The summed E-state index contributed by atoms with van der Waals surface area (Å²) < 4.78 is 5.68. The zero-order valence-corrected chi connectivity index (χ0v) is 6.88. The Morgan fingerprint density at radius 3 is 2.55 bits per heavy atom. The van der Waals surface area contributed by atoms with Gasteiger partial charge in [0.25, 0.3) is 0 Å². The van der Waals surface area contributed by atoms with E-state index in [1.54, 1.807) is 0 Å². The minimum absolute atomic E-state index is 0.173. The highest BCUT2D eigenvalue weighted by Crippen LogP contribution is 2.49. The SMILES string of the molecule is OCCOC12CCC(CC1)C2. The van der Waals surface area contributed by atoms with Gasteiger partial charge in [-0.2, -0.15) is 0 Å². The van der Waals surface area contributed by atoms with Gasteiger partial charge < -0.3 is 9.84 Å². The Bertz CT molecular complexity index is 136. The van der Waals surface area contributed by atoms with Crippen molar-refractivity contribution in [2.45, 2.75) is 37.7 Å². The van der Waals surface area contributed by atoms with Crippen LogP contribution in [-0.2, 0) is 4.74 Å². The average Bonchev–Trinajstić information content (AvgIpc) is 2.60. The summed E-state index contributed by atoms with van der Waals surface area (Å²) in [7, 11) is 0. The molecule has 0 amide bonds. The molecule has 1 N–H and O–H groups in total. The zero-order chi connectivity index (χ0) is 7.73. The highest BCUT2D eigenvalue weighted by molar-refractivity contribution is 4.97. The second-order valence-corrected chi connectivity index (χ2v) is 3.90. The average molecular weight is 156 g/mol. The van der Waals surface area contributed by atoms with Crippen LogP contribution in [-0.4, -0.2) is 23.9 Å². The predicted octanol–water partition coefficient (Wildman–Crippen LogP) is 1.33. The molecule has 0 aromatic rings. The molecule has 11 heavy (non-hydrogen) atoms. The van der Waals surface area contributed by atoms with E-state index in [-0.39, 0.29) is 12.2 Å². The summed E-state index contributed by atoms with van der Waals surface area (Å²) in [5.41, 5.74) is 0.202. The topological polar surface area (TPSA) is 29.5 Å². The molecule has 0 radical (unpaired) electrons. The van der Waals surface area contributed by atoms with Crippen LogP contribution in [0, 0.1) is 5.92 Å². The lowest BCUT2D eigenvalue weighted by atomic mass is 9.97. The molecule has 2 heteroatoms. The first kappa shape index (κ1) is 7.56. The standard InChI is InChI=1S/C9H16O2/c10-5-6-11-9-3-1-8(7-9)2-4-9/h8,10H,1-7H2. The Balaban J connectivity index is 1.89. The molecule has 0 spiro atoms. The lowest BCUT2D eigenvalue weighted by Gasteiger charge is -2.26. The summed E-state index contributed by atoms with van der Waals surface area (Å²) >= 11 is 0. The van der Waals surface area contributed by atoms with Gasteiger partial charge in [0.05, 0.1) is 18.8 Å². The normalized spacial score (nSPS) is 41.7. The van der Waals surface area contributed by atoms with Crippen molar-refractivity contribution in [3.8, 4) is 0 Å². The van der Waals surface area contributed by atoms with Gasteiger partial charge in [0.15, 0.2) is 0 Å². The van der Waals surface area contributed by atoms with Crippen LogP contribution < -0.4 is 0 Å². The van der Waals surface area contributed by atoms with Crippen molar-refractivity contribution >= 4 is 0 Å². The van der Waals surface area contributed by atoms with E-state index in [1.807, 2.05) is 0 Å². The van der Waals surface area contributed by atoms with Crippen LogP contribution in [0.2, 0.25) is 0 Å². The number of hydrogen-bond acceptors (Lipinski definition) is 2. The van der Waals surface area contributed by atoms with E-state index in [4.69, 9.17) is 9.84 Å². The van der Waals surface area contributed by atoms with E-state index in [0.29, 0.717) is 6.61 Å². The molecule has 0 atom stereocenters. The number of aliphatic hydroxyl groups is 1. The molecule has 2 saturated carbocycles. The smallest absolute Gasteiger partial charge is 0.0705 e. The van der Waals surface area contributed by atoms with E-state index in [1.165, 1.54) is 32.1 Å². The molecule has 0 unspecified atom stereocenters. The first-order chi connectivity index (χ1) is 5.35. The van der Waals surface area contributed by atoms with E-state index in [2.05, 4.69) is 0 Å². The highest BCUT2D eigenvalue weighted by Gasteiger charge is 2.45. The molecule has 2 rings (SSSR count). The lowest BCUT2D eigenvalue weighted by molar-refractivity contribution is -0.0504. The van der Waals surface area contributed by atoms with Crippen molar-refractivity contribution in [3.63, 3.8) is 0 Å². The van der Waals surface area contributed by atoms with Gasteiger partial charge in [-0.3, -0.25) is 0 Å². The predicted molar refractivity (Wildman–Crippen MR) is 42.3 cm³/mol. The summed E-state index contributed by atoms with van der Waals surface area (Å²) in [4.78, 5) is 0. The van der Waals surface area contributed by atoms with E-state index >= 15 is 0 Å². The van der Waals surface area contributed by atoms with Crippen LogP contribution in [0.1, 0.15) is 32.1 Å². The van der Waals surface area contributed by atoms with Gasteiger partial charge in [-0.15, -0.1) is 0 Å². The fourth-order valence-corrected chi connectivity index (χ4v) is 2.60. The van der Waals surface area contributed by atoms with Crippen molar-refractivity contribution in [1.29, 1.82) is 0 Å². The van der Waals surface area contributed by atoms with Gasteiger partial charge in [0, 0.05) is 0 Å². The molecule has 2 aliphatic carbocycles. The monoisotopic (exact) mass is 156 g/mol. The second kappa shape index (κ2) is 2.76. The minimum Gasteiger partial charge on any atom is -0.394 e. The van der Waals surface area contributed by atoms with Gasteiger partial charge in [-0.1, -0.05) is 0 Å². The van der Waals surface area contributed by atoms with Crippen molar-refractivity contribution in [1.82, 2.24) is 0 Å². The molecule has 2 bridgehead atoms. The van der Waals surface area contributed by atoms with E-state index in [9.17, 15) is 0 Å². The summed E-state index contributed by atoms with van der Waals surface area (Å²) in [6.45, 7) is 0.707. The second-order valence-electron chi connectivity index (χ2n) is 3.90. The van der Waals surface area contributed by atoms with Gasteiger partial charge in [-0.25, -0.2) is 0 Å². The fraction of sp³-hybridized carbons (Fsp3) is 1.00. The lowest BCUT2D eigenvalue weighted by Crippen LogP contribution is -2.28. The number of hydrogen-bond donors (Lipinski definition) is 1. The number of ether oxygens (including phenoxy) is 1. The van der Waals surface area contributed by atoms with Gasteiger partial charge in [0.2, 0.25) is 0 Å². The first-order valence-corrected chi connectivity index (χ1v) is 4.59. The van der Waals surface area contributed by atoms with Crippen LogP contribution in [0.4, 0.5) is 0 Å². The van der Waals surface area contributed by atoms with E-state index < -0.39 is 0 Å². The molecular formula is C9H16O2. The van der Waals surface area contributed by atoms with Gasteiger partial charge >= 0.3 is 0 Å². The van der Waals surface area contributed by atoms with Crippen LogP contribution in [0.15, 0.2) is 0 Å². The van der Waals surface area contributed by atoms with Crippen molar-refractivity contribution < 1.29 is 9.84 Å². The summed E-state index contributed by atoms with van der Waals surface area (Å²) in [6, 6.07) is 0.